The van der Waals surface area contributed by atoms with Crippen LogP contribution in [0, 0.1) is 0 Å². The molecule has 0 bridgehead atoms. The van der Waals surface area contributed by atoms with E-state index in [9.17, 15) is 14.4 Å². The van der Waals surface area contributed by atoms with Crippen molar-refractivity contribution in [1.82, 2.24) is 4.90 Å². The fourth-order valence-electron chi connectivity index (χ4n) is 3.95. The Kier molecular flexibility index (Phi) is 8.77. The monoisotopic (exact) mass is 469 g/mol. The lowest BCUT2D eigenvalue weighted by molar-refractivity contribution is -0.129. The van der Waals surface area contributed by atoms with Crippen LogP contribution in [0.3, 0.4) is 0 Å². The smallest absolute Gasteiger partial charge is 0.256 e. The number of hydrogen-bond acceptors (Lipinski definition) is 5. The van der Waals surface area contributed by atoms with Crippen LogP contribution in [0.1, 0.15) is 49.4 Å². The first kappa shape index (κ1) is 24.6. The van der Waals surface area contributed by atoms with E-state index in [4.69, 9.17) is 4.74 Å². The molecule has 0 heterocycles. The van der Waals surface area contributed by atoms with Gasteiger partial charge in [-0.2, -0.15) is 0 Å². The van der Waals surface area contributed by atoms with Crippen molar-refractivity contribution in [2.75, 3.05) is 30.5 Å². The number of rotatable bonds is 8. The van der Waals surface area contributed by atoms with Gasteiger partial charge in [-0.1, -0.05) is 31.4 Å². The molecule has 3 amide bonds. The average Bonchev–Trinajstić information content (AvgIpc) is 2.83. The largest absolute Gasteiger partial charge is 0.494 e. The average molecular weight is 470 g/mol. The predicted octanol–water partition coefficient (Wildman–Crippen LogP) is 4.79. The minimum absolute atomic E-state index is 0.0837. The summed E-state index contributed by atoms with van der Waals surface area (Å²) < 4.78 is 5.32. The third kappa shape index (κ3) is 6.74. The van der Waals surface area contributed by atoms with Gasteiger partial charge in [-0.05, 0) is 37.1 Å². The molecule has 0 radical (unpaired) electrons. The summed E-state index contributed by atoms with van der Waals surface area (Å²) >= 11 is 1.38. The molecule has 1 aliphatic rings. The van der Waals surface area contributed by atoms with Crippen molar-refractivity contribution in [3.63, 3.8) is 0 Å². The summed E-state index contributed by atoms with van der Waals surface area (Å²) in [6.07, 6.45) is 5.73. The van der Waals surface area contributed by atoms with Crippen molar-refractivity contribution in [3.05, 3.63) is 48.0 Å². The zero-order valence-electron chi connectivity index (χ0n) is 19.3. The first-order chi connectivity index (χ1) is 15.9. The van der Waals surface area contributed by atoms with Crippen LogP contribution in [-0.2, 0) is 9.59 Å². The molecule has 0 spiro atoms. The maximum Gasteiger partial charge on any atom is 0.256 e. The van der Waals surface area contributed by atoms with E-state index in [1.165, 1.54) is 45.1 Å². The number of nitrogens with zero attached hydrogens (tertiary/aromatic N) is 1. The lowest BCUT2D eigenvalue weighted by Crippen LogP contribution is -2.39. The Labute approximate surface area is 199 Å². The van der Waals surface area contributed by atoms with E-state index in [-0.39, 0.29) is 23.5 Å². The maximum absolute atomic E-state index is 13.0. The highest BCUT2D eigenvalue weighted by Gasteiger charge is 2.22. The van der Waals surface area contributed by atoms with E-state index in [1.807, 2.05) is 24.1 Å². The molecular weight excluding hydrogens is 438 g/mol. The van der Waals surface area contributed by atoms with Crippen molar-refractivity contribution in [1.29, 1.82) is 0 Å². The van der Waals surface area contributed by atoms with Crippen molar-refractivity contribution in [2.45, 2.75) is 50.0 Å². The summed E-state index contributed by atoms with van der Waals surface area (Å²) in [5.41, 5.74) is 1.57. The number of methoxy groups -OCH3 is 1. The Bertz CT molecular complexity index is 1000. The molecular formula is C25H31N3O4S. The van der Waals surface area contributed by atoms with Crippen LogP contribution in [0.2, 0.25) is 0 Å². The molecule has 2 aromatic rings. The zero-order chi connectivity index (χ0) is 23.8. The number of hydrogen-bond donors (Lipinski definition) is 2. The standard InChI is InChI=1S/C25H31N3O4S/c1-17(29)26-21-14-13-18(15-22(21)32-3)27-25(31)20-11-7-8-12-23(20)33-16-24(30)28(2)19-9-5-4-6-10-19/h7-8,11-15,19H,4-6,9-10,16H2,1-3H3,(H,26,29)(H,27,31). The van der Waals surface area contributed by atoms with Gasteiger partial charge < -0.3 is 20.3 Å². The van der Waals surface area contributed by atoms with E-state index in [1.54, 1.807) is 30.3 Å². The molecule has 1 fully saturated rings. The van der Waals surface area contributed by atoms with Crippen molar-refractivity contribution < 1.29 is 19.1 Å². The first-order valence-corrected chi connectivity index (χ1v) is 12.1. The number of nitrogens with one attached hydrogen (secondary N) is 2. The van der Waals surface area contributed by atoms with Crippen molar-refractivity contribution in [2.24, 2.45) is 0 Å². The summed E-state index contributed by atoms with van der Waals surface area (Å²) in [7, 11) is 3.38. The molecule has 0 aliphatic heterocycles. The topological polar surface area (TPSA) is 87.7 Å². The van der Waals surface area contributed by atoms with Gasteiger partial charge >= 0.3 is 0 Å². The number of anilines is 2. The highest BCUT2D eigenvalue weighted by molar-refractivity contribution is 8.00. The summed E-state index contributed by atoms with van der Waals surface area (Å²) in [5, 5.41) is 5.57. The van der Waals surface area contributed by atoms with Gasteiger partial charge in [-0.15, -0.1) is 11.8 Å². The van der Waals surface area contributed by atoms with Crippen molar-refractivity contribution >= 4 is 40.9 Å². The third-order valence-corrected chi connectivity index (χ3v) is 6.83. The first-order valence-electron chi connectivity index (χ1n) is 11.1. The minimum atomic E-state index is -0.277. The maximum atomic E-state index is 13.0. The Morgan fingerprint density at radius 3 is 2.48 bits per heavy atom. The molecule has 1 aliphatic carbocycles. The number of benzene rings is 2. The quantitative estimate of drug-likeness (QED) is 0.543. The summed E-state index contributed by atoms with van der Waals surface area (Å²) in [4.78, 5) is 39.7. The van der Waals surface area contributed by atoms with Crippen molar-refractivity contribution in [3.8, 4) is 5.75 Å². The van der Waals surface area contributed by atoms with Gasteiger partial charge in [0.2, 0.25) is 11.8 Å². The third-order valence-electron chi connectivity index (χ3n) is 5.77. The fraction of sp³-hybridized carbons (Fsp3) is 0.400. The highest BCUT2D eigenvalue weighted by Crippen LogP contribution is 2.30. The predicted molar refractivity (Wildman–Crippen MR) is 132 cm³/mol. The van der Waals surface area contributed by atoms with E-state index >= 15 is 0 Å². The number of thioether (sulfide) groups is 1. The molecule has 0 saturated heterocycles. The van der Waals surface area contributed by atoms with Gasteiger partial charge in [-0.25, -0.2) is 0 Å². The molecule has 33 heavy (non-hydrogen) atoms. The summed E-state index contributed by atoms with van der Waals surface area (Å²) in [6, 6.07) is 12.6. The Morgan fingerprint density at radius 1 is 1.06 bits per heavy atom. The van der Waals surface area contributed by atoms with Gasteiger partial charge in [0.05, 0.1) is 24.1 Å². The Balaban J connectivity index is 1.66. The van der Waals surface area contributed by atoms with Gasteiger partial charge in [0.15, 0.2) is 0 Å². The molecule has 8 heteroatoms. The minimum Gasteiger partial charge on any atom is -0.494 e. The van der Waals surface area contributed by atoms with E-state index < -0.39 is 0 Å². The second-order valence-electron chi connectivity index (χ2n) is 8.13. The summed E-state index contributed by atoms with van der Waals surface area (Å²) in [5.74, 6) is 0.332. The van der Waals surface area contributed by atoms with Gasteiger partial charge in [0, 0.05) is 36.7 Å². The van der Waals surface area contributed by atoms with Gasteiger partial charge in [0.1, 0.15) is 5.75 Å². The van der Waals surface area contributed by atoms with E-state index in [0.29, 0.717) is 28.7 Å². The molecule has 3 rings (SSSR count). The van der Waals surface area contributed by atoms with Crippen LogP contribution in [0.25, 0.3) is 0 Å². The molecule has 176 valence electrons. The molecule has 1 saturated carbocycles. The SMILES string of the molecule is COc1cc(NC(=O)c2ccccc2SCC(=O)N(C)C2CCCCC2)ccc1NC(C)=O. The summed E-state index contributed by atoms with van der Waals surface area (Å²) in [6.45, 7) is 1.42. The molecule has 2 N–H and O–H groups in total. The number of carbonyl (C=O) groups is 3. The van der Waals surface area contributed by atoms with Gasteiger partial charge in [0.25, 0.3) is 5.91 Å². The number of ether oxygens (including phenoxy) is 1. The van der Waals surface area contributed by atoms with Crippen LogP contribution < -0.4 is 15.4 Å². The Hall–Kier alpha value is -3.00. The Morgan fingerprint density at radius 2 is 1.79 bits per heavy atom. The van der Waals surface area contributed by atoms with Crippen LogP contribution >= 0.6 is 11.8 Å². The highest BCUT2D eigenvalue weighted by atomic mass is 32.2. The molecule has 0 atom stereocenters. The number of amides is 3. The lowest BCUT2D eigenvalue weighted by atomic mass is 9.94. The van der Waals surface area contributed by atoms with Crippen LogP contribution in [-0.4, -0.2) is 48.6 Å². The molecule has 0 aromatic heterocycles. The van der Waals surface area contributed by atoms with Crippen LogP contribution in [0.15, 0.2) is 47.4 Å². The second kappa shape index (κ2) is 11.7. The lowest BCUT2D eigenvalue weighted by Gasteiger charge is -2.31. The van der Waals surface area contributed by atoms with Crippen LogP contribution in [0.4, 0.5) is 11.4 Å². The van der Waals surface area contributed by atoms with Gasteiger partial charge in [-0.3, -0.25) is 14.4 Å². The van der Waals surface area contributed by atoms with Crippen LogP contribution in [0.5, 0.6) is 5.75 Å². The zero-order valence-corrected chi connectivity index (χ0v) is 20.2. The molecule has 2 aromatic carbocycles. The normalized spacial score (nSPS) is 13.8. The number of carbonyl (C=O) groups excluding carboxylic acids is 3. The molecule has 0 unspecified atom stereocenters. The molecule has 7 nitrogen and oxygen atoms in total. The fourth-order valence-corrected chi connectivity index (χ4v) is 4.93. The second-order valence-corrected chi connectivity index (χ2v) is 9.15. The van der Waals surface area contributed by atoms with E-state index in [0.717, 1.165) is 17.7 Å². The van der Waals surface area contributed by atoms with E-state index in [2.05, 4.69) is 10.6 Å².